The summed E-state index contributed by atoms with van der Waals surface area (Å²) in [5, 5.41) is 16.7. The van der Waals surface area contributed by atoms with Crippen LogP contribution in [0.15, 0.2) is 24.3 Å². The lowest BCUT2D eigenvalue weighted by Crippen LogP contribution is -2.45. The number of hydrogen-bond acceptors (Lipinski definition) is 4. The second kappa shape index (κ2) is 7.12. The van der Waals surface area contributed by atoms with Gasteiger partial charge in [0.1, 0.15) is 0 Å². The SMILES string of the molecule is O=C(NC(=S)NC1CCCCC1)c1cccc([N+](=O)[O-])c1. The van der Waals surface area contributed by atoms with Gasteiger partial charge in [-0.25, -0.2) is 0 Å². The van der Waals surface area contributed by atoms with Crippen LogP contribution in [-0.2, 0) is 0 Å². The Bertz CT molecular complexity index is 556. The molecule has 21 heavy (non-hydrogen) atoms. The molecule has 2 N–H and O–H groups in total. The van der Waals surface area contributed by atoms with E-state index in [9.17, 15) is 14.9 Å². The van der Waals surface area contributed by atoms with E-state index in [4.69, 9.17) is 12.2 Å². The molecule has 0 spiro atoms. The molecule has 1 fully saturated rings. The molecule has 112 valence electrons. The highest BCUT2D eigenvalue weighted by atomic mass is 32.1. The number of amides is 1. The Kier molecular flexibility index (Phi) is 5.21. The van der Waals surface area contributed by atoms with Gasteiger partial charge in [0.2, 0.25) is 0 Å². The van der Waals surface area contributed by atoms with Crippen LogP contribution < -0.4 is 10.6 Å². The molecule has 0 aliphatic heterocycles. The Hall–Kier alpha value is -2.02. The first-order valence-electron chi connectivity index (χ1n) is 6.92. The molecule has 2 rings (SSSR count). The van der Waals surface area contributed by atoms with Gasteiger partial charge < -0.3 is 5.32 Å². The average molecular weight is 307 g/mol. The van der Waals surface area contributed by atoms with Crippen molar-refractivity contribution >= 4 is 28.9 Å². The number of benzene rings is 1. The first-order chi connectivity index (χ1) is 10.1. The van der Waals surface area contributed by atoms with Crippen LogP contribution in [0.25, 0.3) is 0 Å². The fourth-order valence-corrected chi connectivity index (χ4v) is 2.66. The molecule has 0 atom stereocenters. The summed E-state index contributed by atoms with van der Waals surface area (Å²) >= 11 is 5.12. The van der Waals surface area contributed by atoms with Crippen molar-refractivity contribution < 1.29 is 9.72 Å². The molecule has 1 aromatic carbocycles. The number of nitro benzene ring substituents is 1. The molecule has 6 nitrogen and oxygen atoms in total. The lowest BCUT2D eigenvalue weighted by Gasteiger charge is -2.24. The van der Waals surface area contributed by atoms with Gasteiger partial charge in [0, 0.05) is 23.7 Å². The fraction of sp³-hybridized carbons (Fsp3) is 0.429. The topological polar surface area (TPSA) is 84.3 Å². The number of nitro groups is 1. The van der Waals surface area contributed by atoms with E-state index in [-0.39, 0.29) is 16.4 Å². The predicted octanol–water partition coefficient (Wildman–Crippen LogP) is 2.53. The Morgan fingerprint density at radius 1 is 1.29 bits per heavy atom. The second-order valence-electron chi connectivity index (χ2n) is 5.07. The molecule has 7 heteroatoms. The number of rotatable bonds is 3. The molecule has 0 radical (unpaired) electrons. The number of hydrogen-bond donors (Lipinski definition) is 2. The maximum Gasteiger partial charge on any atom is 0.270 e. The Morgan fingerprint density at radius 3 is 2.67 bits per heavy atom. The zero-order valence-corrected chi connectivity index (χ0v) is 12.3. The largest absolute Gasteiger partial charge is 0.360 e. The van der Waals surface area contributed by atoms with E-state index in [0.29, 0.717) is 6.04 Å². The normalized spacial score (nSPS) is 15.2. The zero-order valence-electron chi connectivity index (χ0n) is 11.5. The van der Waals surface area contributed by atoms with E-state index in [2.05, 4.69) is 10.6 Å². The van der Waals surface area contributed by atoms with E-state index in [1.165, 1.54) is 43.5 Å². The molecule has 0 bridgehead atoms. The molecule has 1 aliphatic carbocycles. The second-order valence-corrected chi connectivity index (χ2v) is 5.48. The standard InChI is InChI=1S/C14H17N3O3S/c18-13(10-5-4-8-12(9-10)17(19)20)16-14(21)15-11-6-2-1-3-7-11/h4-5,8-9,11H,1-3,6-7H2,(H2,15,16,18,21). The van der Waals surface area contributed by atoms with Crippen molar-refractivity contribution in [3.63, 3.8) is 0 Å². The predicted molar refractivity (Wildman–Crippen MR) is 83.2 cm³/mol. The zero-order chi connectivity index (χ0) is 15.2. The van der Waals surface area contributed by atoms with Gasteiger partial charge in [-0.15, -0.1) is 0 Å². The number of non-ortho nitro benzene ring substituents is 1. The quantitative estimate of drug-likeness (QED) is 0.509. The van der Waals surface area contributed by atoms with Crippen LogP contribution in [0.5, 0.6) is 0 Å². The van der Waals surface area contributed by atoms with Gasteiger partial charge in [0.15, 0.2) is 5.11 Å². The molecular formula is C14H17N3O3S. The molecule has 1 aromatic rings. The van der Waals surface area contributed by atoms with Crippen molar-refractivity contribution in [3.8, 4) is 0 Å². The highest BCUT2D eigenvalue weighted by Crippen LogP contribution is 2.17. The van der Waals surface area contributed by atoms with Crippen molar-refractivity contribution in [2.24, 2.45) is 0 Å². The van der Waals surface area contributed by atoms with Crippen molar-refractivity contribution in [3.05, 3.63) is 39.9 Å². The van der Waals surface area contributed by atoms with Gasteiger partial charge >= 0.3 is 0 Å². The number of carbonyl (C=O) groups is 1. The number of nitrogens with one attached hydrogen (secondary N) is 2. The summed E-state index contributed by atoms with van der Waals surface area (Å²) in [6, 6.07) is 5.88. The smallest absolute Gasteiger partial charge is 0.270 e. The van der Waals surface area contributed by atoms with Crippen molar-refractivity contribution in [2.75, 3.05) is 0 Å². The third-order valence-electron chi connectivity index (χ3n) is 3.49. The molecule has 0 unspecified atom stereocenters. The molecule has 0 heterocycles. The molecule has 1 saturated carbocycles. The van der Waals surface area contributed by atoms with Crippen LogP contribution in [0.1, 0.15) is 42.5 Å². The highest BCUT2D eigenvalue weighted by Gasteiger charge is 2.16. The van der Waals surface area contributed by atoms with Crippen LogP contribution in [0.2, 0.25) is 0 Å². The van der Waals surface area contributed by atoms with Crippen molar-refractivity contribution in [2.45, 2.75) is 38.1 Å². The molecular weight excluding hydrogens is 290 g/mol. The van der Waals surface area contributed by atoms with Gasteiger partial charge in [-0.1, -0.05) is 25.3 Å². The monoisotopic (exact) mass is 307 g/mol. The summed E-state index contributed by atoms with van der Waals surface area (Å²) < 4.78 is 0. The lowest BCUT2D eigenvalue weighted by atomic mass is 9.96. The summed E-state index contributed by atoms with van der Waals surface area (Å²) in [5.41, 5.74) is 0.103. The van der Waals surface area contributed by atoms with Crippen molar-refractivity contribution in [1.82, 2.24) is 10.6 Å². The van der Waals surface area contributed by atoms with Gasteiger partial charge in [-0.05, 0) is 31.1 Å². The lowest BCUT2D eigenvalue weighted by molar-refractivity contribution is -0.384. The van der Waals surface area contributed by atoms with E-state index in [0.717, 1.165) is 12.8 Å². The fourth-order valence-electron chi connectivity index (χ4n) is 2.40. The summed E-state index contributed by atoms with van der Waals surface area (Å²) in [7, 11) is 0. The third kappa shape index (κ3) is 4.49. The van der Waals surface area contributed by atoms with Gasteiger partial charge in [-0.2, -0.15) is 0 Å². The van der Waals surface area contributed by atoms with E-state index in [1.54, 1.807) is 0 Å². The first kappa shape index (κ1) is 15.4. The highest BCUT2D eigenvalue weighted by molar-refractivity contribution is 7.80. The average Bonchev–Trinajstić information content (AvgIpc) is 2.48. The van der Waals surface area contributed by atoms with E-state index < -0.39 is 10.8 Å². The third-order valence-corrected chi connectivity index (χ3v) is 3.71. The summed E-state index contributed by atoms with van der Waals surface area (Å²) in [6.07, 6.45) is 5.67. The van der Waals surface area contributed by atoms with Crippen LogP contribution in [0.4, 0.5) is 5.69 Å². The van der Waals surface area contributed by atoms with E-state index >= 15 is 0 Å². The van der Waals surface area contributed by atoms with E-state index in [1.807, 2.05) is 0 Å². The maximum atomic E-state index is 12.0. The van der Waals surface area contributed by atoms with Crippen molar-refractivity contribution in [1.29, 1.82) is 0 Å². The van der Waals surface area contributed by atoms with Crippen LogP contribution in [0.3, 0.4) is 0 Å². The summed E-state index contributed by atoms with van der Waals surface area (Å²) in [5.74, 6) is -0.438. The minimum Gasteiger partial charge on any atom is -0.360 e. The first-order valence-corrected chi connectivity index (χ1v) is 7.33. The van der Waals surface area contributed by atoms with Gasteiger partial charge in [-0.3, -0.25) is 20.2 Å². The minimum atomic E-state index is -0.532. The number of thiocarbonyl (C=S) groups is 1. The Morgan fingerprint density at radius 2 is 2.00 bits per heavy atom. The van der Waals surface area contributed by atoms with Crippen LogP contribution >= 0.6 is 12.2 Å². The minimum absolute atomic E-state index is 0.117. The summed E-state index contributed by atoms with van der Waals surface area (Å²) in [4.78, 5) is 22.2. The molecule has 0 aromatic heterocycles. The number of nitrogens with zero attached hydrogens (tertiary/aromatic N) is 1. The van der Waals surface area contributed by atoms with Crippen LogP contribution in [0, 0.1) is 10.1 Å². The molecule has 1 amide bonds. The Balaban J connectivity index is 1.92. The molecule has 1 aliphatic rings. The van der Waals surface area contributed by atoms with Crippen LogP contribution in [-0.4, -0.2) is 22.0 Å². The van der Waals surface area contributed by atoms with Gasteiger partial charge in [0.25, 0.3) is 11.6 Å². The summed E-state index contributed by atoms with van der Waals surface area (Å²) in [6.45, 7) is 0. The molecule has 0 saturated heterocycles. The Labute approximate surface area is 128 Å². The number of carbonyl (C=O) groups excluding carboxylic acids is 1. The maximum absolute atomic E-state index is 12.0. The van der Waals surface area contributed by atoms with Gasteiger partial charge in [0.05, 0.1) is 4.92 Å².